The van der Waals surface area contributed by atoms with Gasteiger partial charge in [0.15, 0.2) is 0 Å². The van der Waals surface area contributed by atoms with E-state index in [2.05, 4.69) is 33.0 Å². The number of nitrogens with one attached hydrogen (secondary N) is 1. The molecule has 1 aromatic rings. The van der Waals surface area contributed by atoms with Crippen LogP contribution >= 0.6 is 0 Å². The molecule has 114 valence electrons. The van der Waals surface area contributed by atoms with Crippen molar-refractivity contribution in [2.24, 2.45) is 5.92 Å². The van der Waals surface area contributed by atoms with Crippen LogP contribution in [0.15, 0.2) is 24.3 Å². The van der Waals surface area contributed by atoms with Gasteiger partial charge in [0.1, 0.15) is 11.5 Å². The summed E-state index contributed by atoms with van der Waals surface area (Å²) in [6, 6.07) is 7.75. The molecule has 0 amide bonds. The first kappa shape index (κ1) is 16.8. The van der Waals surface area contributed by atoms with Crippen LogP contribution in [0.3, 0.4) is 0 Å². The maximum Gasteiger partial charge on any atom is 0.119 e. The molecule has 0 aliphatic heterocycles. The third-order valence-electron chi connectivity index (χ3n) is 3.35. The molecule has 1 atom stereocenters. The summed E-state index contributed by atoms with van der Waals surface area (Å²) in [6.45, 7) is 10.7. The lowest BCUT2D eigenvalue weighted by Crippen LogP contribution is -2.39. The molecule has 0 radical (unpaired) electrons. The summed E-state index contributed by atoms with van der Waals surface area (Å²) >= 11 is 0. The quantitative estimate of drug-likeness (QED) is 0.783. The van der Waals surface area contributed by atoms with Crippen molar-refractivity contribution in [1.82, 2.24) is 5.32 Å². The molecule has 0 spiro atoms. The third kappa shape index (κ3) is 6.80. The summed E-state index contributed by atoms with van der Waals surface area (Å²) in [4.78, 5) is 0. The van der Waals surface area contributed by atoms with Crippen molar-refractivity contribution in [3.63, 3.8) is 0 Å². The summed E-state index contributed by atoms with van der Waals surface area (Å²) in [5.41, 5.74) is 0.185. The van der Waals surface area contributed by atoms with Gasteiger partial charge >= 0.3 is 0 Å². The fourth-order valence-electron chi connectivity index (χ4n) is 1.92. The summed E-state index contributed by atoms with van der Waals surface area (Å²) in [5, 5.41) is 3.56. The van der Waals surface area contributed by atoms with Crippen LogP contribution in [-0.2, 0) is 0 Å². The summed E-state index contributed by atoms with van der Waals surface area (Å²) in [7, 11) is 1.67. The topological polar surface area (TPSA) is 30.5 Å². The highest BCUT2D eigenvalue weighted by Gasteiger charge is 2.13. The van der Waals surface area contributed by atoms with Gasteiger partial charge in [-0.1, -0.05) is 13.3 Å². The lowest BCUT2D eigenvalue weighted by Gasteiger charge is -2.24. The van der Waals surface area contributed by atoms with Crippen LogP contribution in [0.25, 0.3) is 0 Å². The molecule has 1 rings (SSSR count). The number of benzene rings is 1. The van der Waals surface area contributed by atoms with Crippen molar-refractivity contribution in [3.05, 3.63) is 24.3 Å². The van der Waals surface area contributed by atoms with Crippen molar-refractivity contribution in [3.8, 4) is 11.5 Å². The van der Waals surface area contributed by atoms with E-state index in [0.29, 0.717) is 5.92 Å². The second kappa shape index (κ2) is 8.15. The summed E-state index contributed by atoms with van der Waals surface area (Å²) in [6.07, 6.45) is 2.25. The molecule has 0 aliphatic carbocycles. The number of rotatable bonds is 8. The SMILES string of the molecule is CCC(CCOc1ccc(OC)cc1)CNC(C)(C)C. The Labute approximate surface area is 123 Å². The maximum atomic E-state index is 5.79. The molecule has 3 nitrogen and oxygen atoms in total. The number of hydrogen-bond donors (Lipinski definition) is 1. The maximum absolute atomic E-state index is 5.79. The predicted octanol–water partition coefficient (Wildman–Crippen LogP) is 3.88. The van der Waals surface area contributed by atoms with E-state index in [0.717, 1.165) is 31.1 Å². The lowest BCUT2D eigenvalue weighted by atomic mass is 10.0. The number of methoxy groups -OCH3 is 1. The van der Waals surface area contributed by atoms with Gasteiger partial charge in [0.2, 0.25) is 0 Å². The normalized spacial score (nSPS) is 13.1. The molecule has 0 aromatic heterocycles. The van der Waals surface area contributed by atoms with Gasteiger partial charge in [0.05, 0.1) is 13.7 Å². The van der Waals surface area contributed by atoms with Gasteiger partial charge < -0.3 is 14.8 Å². The Morgan fingerprint density at radius 3 is 2.20 bits per heavy atom. The molecule has 3 heteroatoms. The fraction of sp³-hybridized carbons (Fsp3) is 0.647. The minimum atomic E-state index is 0.185. The van der Waals surface area contributed by atoms with Crippen LogP contribution in [0.1, 0.15) is 40.5 Å². The number of hydrogen-bond acceptors (Lipinski definition) is 3. The number of ether oxygens (including phenoxy) is 2. The highest BCUT2D eigenvalue weighted by atomic mass is 16.5. The third-order valence-corrected chi connectivity index (χ3v) is 3.35. The molecule has 0 aliphatic rings. The Morgan fingerprint density at radius 2 is 1.70 bits per heavy atom. The Balaban J connectivity index is 2.29. The van der Waals surface area contributed by atoms with Gasteiger partial charge in [-0.2, -0.15) is 0 Å². The average molecular weight is 279 g/mol. The molecular formula is C17H29NO2. The molecule has 0 fully saturated rings. The van der Waals surface area contributed by atoms with Crippen molar-refractivity contribution < 1.29 is 9.47 Å². The first-order chi connectivity index (χ1) is 9.44. The summed E-state index contributed by atoms with van der Waals surface area (Å²) in [5.74, 6) is 2.43. The molecule has 1 N–H and O–H groups in total. The zero-order chi connectivity index (χ0) is 15.0. The monoisotopic (exact) mass is 279 g/mol. The zero-order valence-corrected chi connectivity index (χ0v) is 13.5. The Hall–Kier alpha value is -1.22. The van der Waals surface area contributed by atoms with Crippen LogP contribution in [0.2, 0.25) is 0 Å². The highest BCUT2D eigenvalue weighted by molar-refractivity contribution is 5.31. The van der Waals surface area contributed by atoms with E-state index in [1.807, 2.05) is 24.3 Å². The van der Waals surface area contributed by atoms with Gasteiger partial charge in [0.25, 0.3) is 0 Å². The van der Waals surface area contributed by atoms with E-state index in [1.165, 1.54) is 6.42 Å². The van der Waals surface area contributed by atoms with Gasteiger partial charge in [-0.25, -0.2) is 0 Å². The van der Waals surface area contributed by atoms with Crippen LogP contribution in [0.4, 0.5) is 0 Å². The minimum Gasteiger partial charge on any atom is -0.497 e. The van der Waals surface area contributed by atoms with Crippen molar-refractivity contribution >= 4 is 0 Å². The Kier molecular flexibility index (Phi) is 6.86. The van der Waals surface area contributed by atoms with Crippen molar-refractivity contribution in [2.75, 3.05) is 20.3 Å². The predicted molar refractivity (Wildman–Crippen MR) is 84.6 cm³/mol. The molecule has 0 saturated heterocycles. The van der Waals surface area contributed by atoms with Crippen LogP contribution in [-0.4, -0.2) is 25.8 Å². The molecule has 0 bridgehead atoms. The van der Waals surface area contributed by atoms with Crippen LogP contribution < -0.4 is 14.8 Å². The van der Waals surface area contributed by atoms with Crippen LogP contribution in [0, 0.1) is 5.92 Å². The molecule has 0 heterocycles. The summed E-state index contributed by atoms with van der Waals surface area (Å²) < 4.78 is 10.9. The van der Waals surface area contributed by atoms with E-state index in [1.54, 1.807) is 7.11 Å². The van der Waals surface area contributed by atoms with Crippen molar-refractivity contribution in [1.29, 1.82) is 0 Å². The fourth-order valence-corrected chi connectivity index (χ4v) is 1.92. The standard InChI is InChI=1S/C17H29NO2/c1-6-14(13-18-17(2,3)4)11-12-20-16-9-7-15(19-5)8-10-16/h7-10,14,18H,6,11-13H2,1-5H3. The average Bonchev–Trinajstić information content (AvgIpc) is 2.42. The first-order valence-corrected chi connectivity index (χ1v) is 7.46. The molecule has 1 unspecified atom stereocenters. The molecule has 0 saturated carbocycles. The second-order valence-electron chi connectivity index (χ2n) is 6.22. The van der Waals surface area contributed by atoms with Gasteiger partial charge in [-0.05, 0) is 63.9 Å². The Bertz CT molecular complexity index is 368. The minimum absolute atomic E-state index is 0.185. The van der Waals surface area contributed by atoms with E-state index >= 15 is 0 Å². The zero-order valence-electron chi connectivity index (χ0n) is 13.5. The van der Waals surface area contributed by atoms with Crippen LogP contribution in [0.5, 0.6) is 11.5 Å². The lowest BCUT2D eigenvalue weighted by molar-refractivity contribution is 0.260. The molecule has 1 aromatic carbocycles. The van der Waals surface area contributed by atoms with Gasteiger partial charge in [0, 0.05) is 5.54 Å². The van der Waals surface area contributed by atoms with E-state index in [4.69, 9.17) is 9.47 Å². The van der Waals surface area contributed by atoms with E-state index in [9.17, 15) is 0 Å². The van der Waals surface area contributed by atoms with Gasteiger partial charge in [-0.15, -0.1) is 0 Å². The highest BCUT2D eigenvalue weighted by Crippen LogP contribution is 2.18. The molecular weight excluding hydrogens is 250 g/mol. The second-order valence-corrected chi connectivity index (χ2v) is 6.22. The smallest absolute Gasteiger partial charge is 0.119 e. The molecule has 20 heavy (non-hydrogen) atoms. The Morgan fingerprint density at radius 1 is 1.10 bits per heavy atom. The van der Waals surface area contributed by atoms with Crippen molar-refractivity contribution in [2.45, 2.75) is 46.1 Å². The van der Waals surface area contributed by atoms with E-state index < -0.39 is 0 Å². The largest absolute Gasteiger partial charge is 0.497 e. The van der Waals surface area contributed by atoms with E-state index in [-0.39, 0.29) is 5.54 Å². The first-order valence-electron chi connectivity index (χ1n) is 7.46. The van der Waals surface area contributed by atoms with Gasteiger partial charge in [-0.3, -0.25) is 0 Å².